The Morgan fingerprint density at radius 2 is 1.74 bits per heavy atom. The smallest absolute Gasteiger partial charge is 0.322 e. The molecule has 0 unspecified atom stereocenters. The summed E-state index contributed by atoms with van der Waals surface area (Å²) in [6.07, 6.45) is 0. The summed E-state index contributed by atoms with van der Waals surface area (Å²) in [5.41, 5.74) is 1.18. The van der Waals surface area contributed by atoms with Crippen molar-refractivity contribution in [1.29, 1.82) is 0 Å². The minimum Gasteiger partial charge on any atom is -0.333 e. The highest BCUT2D eigenvalue weighted by atomic mass is 35.5. The number of carbonyl (C=O) groups is 2. The molecule has 0 aromatic heterocycles. The number of amides is 4. The number of halogens is 2. The van der Waals surface area contributed by atoms with E-state index >= 15 is 0 Å². The van der Waals surface area contributed by atoms with Crippen molar-refractivity contribution in [3.63, 3.8) is 0 Å². The minimum absolute atomic E-state index is 0.0500. The van der Waals surface area contributed by atoms with Crippen molar-refractivity contribution in [1.82, 2.24) is 20.0 Å². The molecule has 9 heteroatoms. The number of carbonyl (C=O) groups excluding carboxylic acids is 2. The van der Waals surface area contributed by atoms with Crippen LogP contribution in [-0.4, -0.2) is 71.6 Å². The molecule has 2 aromatic rings. The second-order valence-corrected chi connectivity index (χ2v) is 9.93. The molecule has 0 bridgehead atoms. The van der Waals surface area contributed by atoms with Gasteiger partial charge in [-0.3, -0.25) is 4.90 Å². The van der Waals surface area contributed by atoms with E-state index in [0.717, 1.165) is 18.7 Å². The Bertz CT molecular complexity index is 972. The third kappa shape index (κ3) is 8.18. The minimum atomic E-state index is -0.313. The van der Waals surface area contributed by atoms with E-state index in [1.54, 1.807) is 41.3 Å². The maximum absolute atomic E-state index is 13.3. The predicted octanol–water partition coefficient (Wildman–Crippen LogP) is 4.64. The van der Waals surface area contributed by atoms with Crippen LogP contribution in [0.2, 0.25) is 5.02 Å². The third-order valence-corrected chi connectivity index (χ3v) is 5.71. The fourth-order valence-corrected chi connectivity index (χ4v) is 3.86. The summed E-state index contributed by atoms with van der Waals surface area (Å²) in [6, 6.07) is 12.8. The van der Waals surface area contributed by atoms with Gasteiger partial charge in [-0.25, -0.2) is 14.0 Å². The summed E-state index contributed by atoms with van der Waals surface area (Å²) in [7, 11) is 0. The highest BCUT2D eigenvalue weighted by Gasteiger charge is 2.24. The van der Waals surface area contributed by atoms with Gasteiger partial charge in [0.25, 0.3) is 0 Å². The van der Waals surface area contributed by atoms with Gasteiger partial charge in [-0.1, -0.05) is 29.8 Å². The lowest BCUT2D eigenvalue weighted by molar-refractivity contribution is 0.126. The average Bonchev–Trinajstić information content (AvgIpc) is 2.77. The zero-order valence-electron chi connectivity index (χ0n) is 20.0. The van der Waals surface area contributed by atoms with Crippen LogP contribution >= 0.6 is 11.6 Å². The van der Waals surface area contributed by atoms with Crippen molar-refractivity contribution < 1.29 is 14.0 Å². The van der Waals surface area contributed by atoms with Crippen molar-refractivity contribution in [2.45, 2.75) is 32.9 Å². The second kappa shape index (κ2) is 11.5. The van der Waals surface area contributed by atoms with Crippen molar-refractivity contribution in [2.75, 3.05) is 44.6 Å². The molecule has 1 fully saturated rings. The molecule has 0 spiro atoms. The maximum Gasteiger partial charge on any atom is 0.322 e. The SMILES string of the molecule is CC(C)(C)NC(=O)N1CCN(CCN(Cc2ccc(F)cc2)C(=O)Nc2cccc(Cl)c2)CC1. The lowest BCUT2D eigenvalue weighted by Crippen LogP contribution is -2.55. The third-order valence-electron chi connectivity index (χ3n) is 5.48. The van der Waals surface area contributed by atoms with Crippen LogP contribution in [0.5, 0.6) is 0 Å². The van der Waals surface area contributed by atoms with Crippen LogP contribution < -0.4 is 10.6 Å². The molecule has 1 aliphatic rings. The fraction of sp³-hybridized carbons (Fsp3) is 0.440. The van der Waals surface area contributed by atoms with E-state index in [9.17, 15) is 14.0 Å². The first-order chi connectivity index (χ1) is 16.1. The van der Waals surface area contributed by atoms with Crippen molar-refractivity contribution in [3.05, 3.63) is 64.9 Å². The fourth-order valence-electron chi connectivity index (χ4n) is 3.67. The Hall–Kier alpha value is -2.84. The monoisotopic (exact) mass is 489 g/mol. The molecule has 3 rings (SSSR count). The number of piperazine rings is 1. The molecule has 1 saturated heterocycles. The van der Waals surface area contributed by atoms with Crippen LogP contribution in [0, 0.1) is 5.82 Å². The quantitative estimate of drug-likeness (QED) is 0.621. The molecular weight excluding hydrogens is 457 g/mol. The number of rotatable bonds is 6. The first-order valence-electron chi connectivity index (χ1n) is 11.4. The van der Waals surface area contributed by atoms with E-state index in [0.29, 0.717) is 43.4 Å². The van der Waals surface area contributed by atoms with Crippen LogP contribution in [0.4, 0.5) is 19.7 Å². The number of benzene rings is 2. The van der Waals surface area contributed by atoms with E-state index in [4.69, 9.17) is 11.6 Å². The molecule has 2 N–H and O–H groups in total. The molecule has 0 atom stereocenters. The first-order valence-corrected chi connectivity index (χ1v) is 11.8. The van der Waals surface area contributed by atoms with E-state index in [1.807, 2.05) is 25.7 Å². The number of nitrogens with zero attached hydrogens (tertiary/aromatic N) is 3. The average molecular weight is 490 g/mol. The lowest BCUT2D eigenvalue weighted by atomic mass is 10.1. The standard InChI is InChI=1S/C25H33ClFN5O2/c1-25(2,3)29-24(34)31-14-11-30(12-15-31)13-16-32(18-19-7-9-21(27)10-8-19)23(33)28-22-6-4-5-20(26)17-22/h4-10,17H,11-16,18H2,1-3H3,(H,28,33)(H,29,34). The van der Waals surface area contributed by atoms with E-state index in [-0.39, 0.29) is 23.4 Å². The van der Waals surface area contributed by atoms with Gasteiger partial charge in [0, 0.05) is 62.1 Å². The van der Waals surface area contributed by atoms with Crippen LogP contribution in [0.1, 0.15) is 26.3 Å². The summed E-state index contributed by atoms with van der Waals surface area (Å²) in [5.74, 6) is -0.313. The number of nitrogens with one attached hydrogen (secondary N) is 2. The van der Waals surface area contributed by atoms with Gasteiger partial charge in [0.1, 0.15) is 5.82 Å². The topological polar surface area (TPSA) is 67.9 Å². The van der Waals surface area contributed by atoms with Gasteiger partial charge in [-0.2, -0.15) is 0 Å². The zero-order valence-corrected chi connectivity index (χ0v) is 20.7. The Kier molecular flexibility index (Phi) is 8.74. The van der Waals surface area contributed by atoms with Crippen molar-refractivity contribution in [2.24, 2.45) is 0 Å². The van der Waals surface area contributed by atoms with Crippen molar-refractivity contribution >= 4 is 29.4 Å². The van der Waals surface area contributed by atoms with Crippen LogP contribution in [0.25, 0.3) is 0 Å². The number of urea groups is 2. The van der Waals surface area contributed by atoms with Gasteiger partial charge in [0.05, 0.1) is 0 Å². The van der Waals surface area contributed by atoms with E-state index in [2.05, 4.69) is 15.5 Å². The lowest BCUT2D eigenvalue weighted by Gasteiger charge is -2.37. The normalized spacial score (nSPS) is 14.6. The van der Waals surface area contributed by atoms with Gasteiger partial charge in [0.2, 0.25) is 0 Å². The van der Waals surface area contributed by atoms with Crippen LogP contribution in [0.3, 0.4) is 0 Å². The summed E-state index contributed by atoms with van der Waals surface area (Å²) in [6.45, 7) is 10.1. The van der Waals surface area contributed by atoms with E-state index < -0.39 is 0 Å². The molecule has 34 heavy (non-hydrogen) atoms. The Morgan fingerprint density at radius 3 is 2.35 bits per heavy atom. The van der Waals surface area contributed by atoms with E-state index in [1.165, 1.54) is 12.1 Å². The van der Waals surface area contributed by atoms with Crippen molar-refractivity contribution in [3.8, 4) is 0 Å². The molecule has 184 valence electrons. The summed E-state index contributed by atoms with van der Waals surface area (Å²) >= 11 is 6.05. The van der Waals surface area contributed by atoms with Gasteiger partial charge >= 0.3 is 12.1 Å². The summed E-state index contributed by atoms with van der Waals surface area (Å²) in [5, 5.41) is 6.43. The Labute approximate surface area is 205 Å². The zero-order chi connectivity index (χ0) is 24.7. The number of hydrogen-bond acceptors (Lipinski definition) is 3. The number of anilines is 1. The van der Waals surface area contributed by atoms with Gasteiger partial charge in [-0.15, -0.1) is 0 Å². The highest BCUT2D eigenvalue weighted by Crippen LogP contribution is 2.16. The van der Waals surface area contributed by atoms with Gasteiger partial charge in [0.15, 0.2) is 0 Å². The molecule has 0 radical (unpaired) electrons. The number of hydrogen-bond donors (Lipinski definition) is 2. The molecule has 4 amide bonds. The summed E-state index contributed by atoms with van der Waals surface area (Å²) < 4.78 is 13.3. The Morgan fingerprint density at radius 1 is 1.06 bits per heavy atom. The maximum atomic E-state index is 13.3. The molecule has 2 aromatic carbocycles. The van der Waals surface area contributed by atoms with Crippen LogP contribution in [-0.2, 0) is 6.54 Å². The van der Waals surface area contributed by atoms with Gasteiger partial charge < -0.3 is 20.4 Å². The first kappa shape index (κ1) is 25.8. The molecule has 1 aliphatic heterocycles. The van der Waals surface area contributed by atoms with Crippen LogP contribution in [0.15, 0.2) is 48.5 Å². The largest absolute Gasteiger partial charge is 0.333 e. The van der Waals surface area contributed by atoms with Gasteiger partial charge in [-0.05, 0) is 56.7 Å². The predicted molar refractivity (Wildman–Crippen MR) is 134 cm³/mol. The molecule has 0 saturated carbocycles. The molecule has 1 heterocycles. The molecule has 0 aliphatic carbocycles. The second-order valence-electron chi connectivity index (χ2n) is 9.50. The Balaban J connectivity index is 1.58. The molecular formula is C25H33ClFN5O2. The summed E-state index contributed by atoms with van der Waals surface area (Å²) in [4.78, 5) is 31.2. The highest BCUT2D eigenvalue weighted by molar-refractivity contribution is 6.30. The molecule has 7 nitrogen and oxygen atoms in total.